The maximum atomic E-state index is 9.25. The number of rotatable bonds is 5. The molecule has 4 heteroatoms. The van der Waals surface area contributed by atoms with Crippen LogP contribution >= 0.6 is 0 Å². The second kappa shape index (κ2) is 32.1. The predicted molar refractivity (Wildman–Crippen MR) is 178 cm³/mol. The number of aliphatic hydroxyl groups is 2. The van der Waals surface area contributed by atoms with Gasteiger partial charge < -0.3 is 15.3 Å². The van der Waals surface area contributed by atoms with Gasteiger partial charge in [-0.05, 0) is 31.1 Å². The second-order valence-corrected chi connectivity index (χ2v) is 13.0. The molecule has 3 N–H and O–H groups in total. The van der Waals surface area contributed by atoms with E-state index in [-0.39, 0.29) is 18.6 Å². The van der Waals surface area contributed by atoms with Gasteiger partial charge in [0.25, 0.3) is 0 Å². The SMILES string of the molecule is C1CCCCCCCCC1.C1CCCCCCCCC1.C=CC(=O)O.OCCC1(CCO)CCCCCCCCC1. The summed E-state index contributed by atoms with van der Waals surface area (Å²) in [5, 5.41) is 26.0. The van der Waals surface area contributed by atoms with Gasteiger partial charge in [-0.2, -0.15) is 0 Å². The minimum Gasteiger partial charge on any atom is -0.478 e. The molecule has 0 aromatic rings. The van der Waals surface area contributed by atoms with E-state index in [1.54, 1.807) is 0 Å². The van der Waals surface area contributed by atoms with Crippen molar-refractivity contribution in [3.63, 3.8) is 0 Å². The predicted octanol–water partition coefficient (Wildman–Crippen LogP) is 11.3. The Morgan fingerprint density at radius 1 is 0.463 bits per heavy atom. The Morgan fingerprint density at radius 2 is 0.634 bits per heavy atom. The van der Waals surface area contributed by atoms with Gasteiger partial charge in [0.05, 0.1) is 0 Å². The third-order valence-corrected chi connectivity index (χ3v) is 9.37. The molecule has 41 heavy (non-hydrogen) atoms. The molecule has 0 atom stereocenters. The molecular weight excluding hydrogens is 508 g/mol. The molecule has 3 aliphatic rings. The first-order valence-corrected chi connectivity index (χ1v) is 18.2. The van der Waals surface area contributed by atoms with Crippen molar-refractivity contribution in [1.82, 2.24) is 0 Å². The van der Waals surface area contributed by atoms with Crippen LogP contribution in [0.2, 0.25) is 0 Å². The van der Waals surface area contributed by atoms with Crippen LogP contribution in [-0.2, 0) is 4.79 Å². The first-order valence-electron chi connectivity index (χ1n) is 18.2. The van der Waals surface area contributed by atoms with Crippen molar-refractivity contribution in [3.05, 3.63) is 12.7 Å². The zero-order valence-corrected chi connectivity index (χ0v) is 27.4. The lowest BCUT2D eigenvalue weighted by Gasteiger charge is -2.34. The van der Waals surface area contributed by atoms with E-state index in [0.29, 0.717) is 0 Å². The van der Waals surface area contributed by atoms with E-state index in [4.69, 9.17) is 5.11 Å². The van der Waals surface area contributed by atoms with Crippen LogP contribution in [0.4, 0.5) is 0 Å². The number of carbonyl (C=O) groups is 1. The number of carboxylic acid groups (broad SMARTS) is 1. The Morgan fingerprint density at radius 3 is 0.780 bits per heavy atom. The summed E-state index contributed by atoms with van der Waals surface area (Å²) in [6.45, 7) is 3.52. The van der Waals surface area contributed by atoms with E-state index in [9.17, 15) is 15.0 Å². The molecule has 0 amide bonds. The normalized spacial score (nSPS) is 21.4. The van der Waals surface area contributed by atoms with Crippen molar-refractivity contribution >= 4 is 5.97 Å². The molecule has 0 radical (unpaired) electrons. The lowest BCUT2D eigenvalue weighted by molar-refractivity contribution is -0.131. The summed E-state index contributed by atoms with van der Waals surface area (Å²) in [7, 11) is 0. The lowest BCUT2D eigenvalue weighted by Crippen LogP contribution is -2.24. The van der Waals surface area contributed by atoms with Gasteiger partial charge in [-0.3, -0.25) is 0 Å². The molecule has 0 bridgehead atoms. The van der Waals surface area contributed by atoms with E-state index < -0.39 is 5.97 Å². The summed E-state index contributed by atoms with van der Waals surface area (Å²) >= 11 is 0. The summed E-state index contributed by atoms with van der Waals surface area (Å²) in [5.41, 5.74) is 0.237. The summed E-state index contributed by atoms with van der Waals surface area (Å²) < 4.78 is 0. The van der Waals surface area contributed by atoms with E-state index >= 15 is 0 Å². The van der Waals surface area contributed by atoms with Gasteiger partial charge in [-0.15, -0.1) is 0 Å². The number of carboxylic acids is 1. The fourth-order valence-corrected chi connectivity index (χ4v) is 6.64. The van der Waals surface area contributed by atoms with E-state index in [0.717, 1.165) is 18.9 Å². The molecule has 0 aromatic carbocycles. The standard InChI is InChI=1S/C14H28O2.2C10H20.C3H4O2/c15-12-10-14(11-13-16)8-6-4-2-1-3-5-7-9-14;2*1-2-4-6-8-10-9-7-5-3-1;1-2-3(4)5/h15-16H,1-13H2;2*1-10H2;2H,1H2,(H,4,5). The third-order valence-electron chi connectivity index (χ3n) is 9.37. The van der Waals surface area contributed by atoms with Crippen molar-refractivity contribution in [1.29, 1.82) is 0 Å². The van der Waals surface area contributed by atoms with E-state index in [2.05, 4.69) is 6.58 Å². The van der Waals surface area contributed by atoms with Gasteiger partial charge in [-0.1, -0.05) is 180 Å². The Bertz CT molecular complexity index is 443. The summed E-state index contributed by atoms with van der Waals surface area (Å²) in [5.74, 6) is -0.981. The van der Waals surface area contributed by atoms with Crippen LogP contribution in [0.15, 0.2) is 12.7 Å². The second-order valence-electron chi connectivity index (χ2n) is 13.0. The van der Waals surface area contributed by atoms with Crippen LogP contribution in [0.25, 0.3) is 0 Å². The first-order chi connectivity index (χ1) is 20.1. The highest BCUT2D eigenvalue weighted by molar-refractivity contribution is 5.78. The van der Waals surface area contributed by atoms with Gasteiger partial charge in [0, 0.05) is 19.3 Å². The molecular formula is C37H72O4. The number of hydrogen-bond acceptors (Lipinski definition) is 3. The van der Waals surface area contributed by atoms with Crippen molar-refractivity contribution in [2.45, 2.75) is 199 Å². The van der Waals surface area contributed by atoms with Gasteiger partial charge in [0.15, 0.2) is 0 Å². The number of aliphatic carboxylic acids is 1. The molecule has 3 rings (SSSR count). The van der Waals surface area contributed by atoms with Crippen molar-refractivity contribution in [3.8, 4) is 0 Å². The van der Waals surface area contributed by atoms with Gasteiger partial charge in [0.1, 0.15) is 0 Å². The Balaban J connectivity index is 0.000000559. The molecule has 0 unspecified atom stereocenters. The van der Waals surface area contributed by atoms with Gasteiger partial charge in [0.2, 0.25) is 0 Å². The fourth-order valence-electron chi connectivity index (χ4n) is 6.64. The summed E-state index contributed by atoms with van der Waals surface area (Å²) in [6, 6.07) is 0. The van der Waals surface area contributed by atoms with Crippen LogP contribution in [0, 0.1) is 5.41 Å². The number of hydrogen-bond donors (Lipinski definition) is 3. The van der Waals surface area contributed by atoms with Crippen LogP contribution in [0.5, 0.6) is 0 Å². The van der Waals surface area contributed by atoms with E-state index in [1.165, 1.54) is 186 Å². The Kier molecular flexibility index (Phi) is 31.4. The fraction of sp³-hybridized carbons (Fsp3) is 0.919. The molecule has 244 valence electrons. The number of aliphatic hydroxyl groups excluding tert-OH is 2. The first kappa shape index (κ1) is 40.1. The average Bonchev–Trinajstić information content (AvgIpc) is 3.00. The molecule has 0 spiro atoms. The molecule has 3 saturated carbocycles. The molecule has 3 aliphatic carbocycles. The maximum absolute atomic E-state index is 9.25. The van der Waals surface area contributed by atoms with Gasteiger partial charge >= 0.3 is 5.97 Å². The summed E-state index contributed by atoms with van der Waals surface area (Å²) in [6.07, 6.45) is 44.4. The topological polar surface area (TPSA) is 77.8 Å². The smallest absolute Gasteiger partial charge is 0.327 e. The van der Waals surface area contributed by atoms with Crippen molar-refractivity contribution in [2.75, 3.05) is 13.2 Å². The van der Waals surface area contributed by atoms with Crippen molar-refractivity contribution < 1.29 is 20.1 Å². The van der Waals surface area contributed by atoms with Crippen LogP contribution in [0.1, 0.15) is 199 Å². The molecule has 3 fully saturated rings. The monoisotopic (exact) mass is 581 g/mol. The van der Waals surface area contributed by atoms with Gasteiger partial charge in [-0.25, -0.2) is 4.79 Å². The minimum absolute atomic E-state index is 0.237. The van der Waals surface area contributed by atoms with E-state index in [1.807, 2.05) is 0 Å². The molecule has 0 saturated heterocycles. The Hall–Kier alpha value is -0.870. The van der Waals surface area contributed by atoms with Crippen LogP contribution < -0.4 is 0 Å². The maximum Gasteiger partial charge on any atom is 0.327 e. The van der Waals surface area contributed by atoms with Crippen LogP contribution in [-0.4, -0.2) is 34.5 Å². The highest BCUT2D eigenvalue weighted by Gasteiger charge is 2.28. The molecule has 0 aromatic heterocycles. The lowest BCUT2D eigenvalue weighted by atomic mass is 9.72. The highest BCUT2D eigenvalue weighted by atomic mass is 16.4. The Labute approximate surface area is 256 Å². The molecule has 4 nitrogen and oxygen atoms in total. The van der Waals surface area contributed by atoms with Crippen LogP contribution in [0.3, 0.4) is 0 Å². The highest BCUT2D eigenvalue weighted by Crippen LogP contribution is 2.39. The largest absolute Gasteiger partial charge is 0.478 e. The quantitative estimate of drug-likeness (QED) is 0.283. The zero-order valence-electron chi connectivity index (χ0n) is 27.4. The minimum atomic E-state index is -0.981. The summed E-state index contributed by atoms with van der Waals surface area (Å²) in [4.78, 5) is 9.25. The molecule has 0 heterocycles. The zero-order chi connectivity index (χ0) is 30.1. The molecule has 0 aliphatic heterocycles. The average molecular weight is 581 g/mol. The third kappa shape index (κ3) is 29.0. The van der Waals surface area contributed by atoms with Crippen molar-refractivity contribution in [2.24, 2.45) is 5.41 Å².